The van der Waals surface area contributed by atoms with Crippen LogP contribution < -0.4 is 5.32 Å². The Kier molecular flexibility index (Phi) is 11.1. The van der Waals surface area contributed by atoms with E-state index in [0.29, 0.717) is 24.0 Å². The van der Waals surface area contributed by atoms with E-state index < -0.39 is 0 Å². The second-order valence-corrected chi connectivity index (χ2v) is 10.7. The van der Waals surface area contributed by atoms with Gasteiger partial charge >= 0.3 is 0 Å². The van der Waals surface area contributed by atoms with Crippen LogP contribution in [-0.4, -0.2) is 23.5 Å². The third-order valence-corrected chi connectivity index (χ3v) is 5.49. The highest BCUT2D eigenvalue weighted by molar-refractivity contribution is 7.80. The lowest BCUT2D eigenvalue weighted by Gasteiger charge is -2.31. The van der Waals surface area contributed by atoms with E-state index in [-0.39, 0.29) is 35.0 Å². The first-order valence-electron chi connectivity index (χ1n) is 10.2. The average molecular weight is 386 g/mol. The van der Waals surface area contributed by atoms with E-state index in [2.05, 4.69) is 59.5 Å². The molecule has 2 atom stereocenters. The van der Waals surface area contributed by atoms with Crippen LogP contribution in [0, 0.1) is 22.7 Å². The van der Waals surface area contributed by atoms with Gasteiger partial charge in [0.25, 0.3) is 0 Å². The molecule has 0 aromatic heterocycles. The van der Waals surface area contributed by atoms with Gasteiger partial charge in [-0.25, -0.2) is 0 Å². The van der Waals surface area contributed by atoms with Crippen molar-refractivity contribution in [3.8, 4) is 0 Å². The van der Waals surface area contributed by atoms with Crippen LogP contribution in [0.2, 0.25) is 0 Å². The number of carbonyl (C=O) groups excluding carboxylic acids is 2. The number of unbranched alkanes of at least 4 members (excludes halogenated alkanes) is 2. The Labute approximate surface area is 167 Å². The quantitative estimate of drug-likeness (QED) is 0.355. The minimum Gasteiger partial charge on any atom is -0.346 e. The zero-order valence-corrected chi connectivity index (χ0v) is 19.3. The maximum atomic E-state index is 12.8. The lowest BCUT2D eigenvalue weighted by molar-refractivity contribution is -0.129. The summed E-state index contributed by atoms with van der Waals surface area (Å²) in [6.07, 6.45) is 5.27. The summed E-state index contributed by atoms with van der Waals surface area (Å²) < 4.78 is 0. The van der Waals surface area contributed by atoms with Gasteiger partial charge in [0.1, 0.15) is 0 Å². The van der Waals surface area contributed by atoms with Crippen LogP contribution in [0.5, 0.6) is 0 Å². The van der Waals surface area contributed by atoms with Crippen molar-refractivity contribution in [2.24, 2.45) is 22.7 Å². The molecule has 154 valence electrons. The summed E-state index contributed by atoms with van der Waals surface area (Å²) in [7, 11) is 0. The normalized spacial score (nSPS) is 15.0. The van der Waals surface area contributed by atoms with Gasteiger partial charge in [0, 0.05) is 12.8 Å². The maximum Gasteiger partial charge on any atom is 0.220 e. The molecule has 0 aliphatic rings. The Balaban J connectivity index is 4.49. The molecular formula is C22H43NO2S. The van der Waals surface area contributed by atoms with Crippen molar-refractivity contribution >= 4 is 24.3 Å². The average Bonchev–Trinajstić information content (AvgIpc) is 2.46. The fraction of sp³-hybridized carbons (Fsp3) is 0.909. The zero-order chi connectivity index (χ0) is 20.5. The topological polar surface area (TPSA) is 46.2 Å². The highest BCUT2D eigenvalue weighted by Crippen LogP contribution is 2.30. The predicted molar refractivity (Wildman–Crippen MR) is 116 cm³/mol. The summed E-state index contributed by atoms with van der Waals surface area (Å²) in [5.41, 5.74) is 0.393. The van der Waals surface area contributed by atoms with Crippen molar-refractivity contribution in [1.82, 2.24) is 5.32 Å². The highest BCUT2D eigenvalue weighted by atomic mass is 32.1. The molecule has 1 amide bonds. The molecule has 0 aliphatic carbocycles. The predicted octanol–water partition coefficient (Wildman–Crippen LogP) is 5.68. The highest BCUT2D eigenvalue weighted by Gasteiger charge is 2.30. The number of ketones is 1. The largest absolute Gasteiger partial charge is 0.346 e. The van der Waals surface area contributed by atoms with Gasteiger partial charge in [0.05, 0.1) is 6.04 Å². The summed E-state index contributed by atoms with van der Waals surface area (Å²) in [6.45, 7) is 17.2. The van der Waals surface area contributed by atoms with Crippen LogP contribution in [0.1, 0.15) is 93.9 Å². The lowest BCUT2D eigenvalue weighted by atomic mass is 9.77. The Morgan fingerprint density at radius 2 is 1.54 bits per heavy atom. The van der Waals surface area contributed by atoms with E-state index in [0.717, 1.165) is 19.3 Å². The van der Waals surface area contributed by atoms with Gasteiger partial charge in [-0.2, -0.15) is 12.6 Å². The summed E-state index contributed by atoms with van der Waals surface area (Å²) in [5.74, 6) is 1.14. The van der Waals surface area contributed by atoms with Crippen molar-refractivity contribution in [3.05, 3.63) is 0 Å². The Hall–Kier alpha value is -0.510. The molecule has 0 bridgehead atoms. The molecule has 26 heavy (non-hydrogen) atoms. The van der Waals surface area contributed by atoms with E-state index in [1.165, 1.54) is 6.42 Å². The number of amides is 1. The van der Waals surface area contributed by atoms with Gasteiger partial charge < -0.3 is 5.32 Å². The second-order valence-electron chi connectivity index (χ2n) is 10.3. The number of hydrogen-bond donors (Lipinski definition) is 2. The summed E-state index contributed by atoms with van der Waals surface area (Å²) in [4.78, 5) is 25.1. The van der Waals surface area contributed by atoms with Crippen molar-refractivity contribution in [3.63, 3.8) is 0 Å². The third-order valence-electron chi connectivity index (χ3n) is 5.05. The van der Waals surface area contributed by atoms with Gasteiger partial charge in [0.2, 0.25) is 5.91 Å². The van der Waals surface area contributed by atoms with Crippen molar-refractivity contribution in [2.75, 3.05) is 5.75 Å². The molecule has 0 spiro atoms. The molecule has 0 rings (SSSR count). The van der Waals surface area contributed by atoms with E-state index in [9.17, 15) is 9.59 Å². The maximum absolute atomic E-state index is 12.8. The van der Waals surface area contributed by atoms with E-state index >= 15 is 0 Å². The summed E-state index contributed by atoms with van der Waals surface area (Å²) in [5, 5.41) is 2.99. The molecular weight excluding hydrogens is 342 g/mol. The monoisotopic (exact) mass is 385 g/mol. The number of thiol groups is 1. The first-order valence-corrected chi connectivity index (χ1v) is 10.8. The molecule has 0 aliphatic heterocycles. The Bertz CT molecular complexity index is 432. The van der Waals surface area contributed by atoms with Crippen LogP contribution in [0.3, 0.4) is 0 Å². The fourth-order valence-electron chi connectivity index (χ4n) is 3.00. The molecule has 0 saturated heterocycles. The smallest absolute Gasteiger partial charge is 0.220 e. The molecule has 0 unspecified atom stereocenters. The van der Waals surface area contributed by atoms with Gasteiger partial charge in [-0.05, 0) is 41.3 Å². The van der Waals surface area contributed by atoms with E-state index in [1.54, 1.807) is 0 Å². The van der Waals surface area contributed by atoms with Gasteiger partial charge in [-0.15, -0.1) is 0 Å². The van der Waals surface area contributed by atoms with Crippen LogP contribution >= 0.6 is 12.6 Å². The zero-order valence-electron chi connectivity index (χ0n) is 18.4. The number of nitrogens with one attached hydrogen (secondary N) is 1. The molecule has 0 fully saturated rings. The minimum absolute atomic E-state index is 0.00555. The van der Waals surface area contributed by atoms with Gasteiger partial charge in [0.15, 0.2) is 5.78 Å². The number of Topliss-reactive ketones (excluding diaryl/α,β-unsaturated/α-hetero) is 1. The third kappa shape index (κ3) is 11.3. The molecule has 1 N–H and O–H groups in total. The van der Waals surface area contributed by atoms with Crippen molar-refractivity contribution in [1.29, 1.82) is 0 Å². The molecule has 0 heterocycles. The van der Waals surface area contributed by atoms with Crippen LogP contribution in [0.15, 0.2) is 0 Å². The SMILES string of the molecule is CC(C)[C@H](NC(=O)CCCCCC(C)(C)C)C(=O)C[C@@H](CS)C(C)(C)C. The first-order chi connectivity index (χ1) is 11.8. The van der Waals surface area contributed by atoms with E-state index in [4.69, 9.17) is 0 Å². The minimum atomic E-state index is -0.387. The van der Waals surface area contributed by atoms with Crippen LogP contribution in [0.25, 0.3) is 0 Å². The van der Waals surface area contributed by atoms with Crippen LogP contribution in [0.4, 0.5) is 0 Å². The molecule has 3 nitrogen and oxygen atoms in total. The molecule has 0 radical (unpaired) electrons. The van der Waals surface area contributed by atoms with Crippen molar-refractivity contribution in [2.45, 2.75) is 100.0 Å². The van der Waals surface area contributed by atoms with E-state index in [1.807, 2.05) is 13.8 Å². The molecule has 0 aromatic carbocycles. The Morgan fingerprint density at radius 1 is 0.962 bits per heavy atom. The standard InChI is InChI=1S/C22H43NO2S/c1-16(2)20(18(24)14-17(15-26)22(6,7)8)23-19(25)12-10-9-11-13-21(3,4)5/h16-17,20,26H,9-15H2,1-8H3,(H,23,25)/t17-,20-/m0/s1. The number of hydrogen-bond acceptors (Lipinski definition) is 3. The lowest BCUT2D eigenvalue weighted by Crippen LogP contribution is -2.45. The summed E-state index contributed by atoms with van der Waals surface area (Å²) >= 11 is 4.42. The first kappa shape index (κ1) is 25.5. The molecule has 4 heteroatoms. The molecule has 0 saturated carbocycles. The Morgan fingerprint density at radius 3 is 1.96 bits per heavy atom. The van der Waals surface area contributed by atoms with Gasteiger partial charge in [-0.3, -0.25) is 9.59 Å². The number of rotatable bonds is 11. The van der Waals surface area contributed by atoms with Crippen LogP contribution in [-0.2, 0) is 9.59 Å². The molecule has 0 aromatic rings. The van der Waals surface area contributed by atoms with Crippen molar-refractivity contribution < 1.29 is 9.59 Å². The number of carbonyl (C=O) groups is 2. The fourth-order valence-corrected chi connectivity index (χ4v) is 3.67. The summed E-state index contributed by atoms with van der Waals surface area (Å²) in [6, 6.07) is -0.387. The van der Waals surface area contributed by atoms with Gasteiger partial charge in [-0.1, -0.05) is 68.2 Å². The second kappa shape index (κ2) is 11.4.